The van der Waals surface area contributed by atoms with E-state index in [9.17, 15) is 4.79 Å². The molecule has 2 aliphatic carbocycles. The van der Waals surface area contributed by atoms with Crippen molar-refractivity contribution in [1.29, 1.82) is 5.26 Å². The van der Waals surface area contributed by atoms with E-state index < -0.39 is 0 Å². The van der Waals surface area contributed by atoms with Gasteiger partial charge in [0.15, 0.2) is 5.82 Å². The second kappa shape index (κ2) is 10.3. The number of nitrogens with zero attached hydrogens (tertiary/aromatic N) is 5. The summed E-state index contributed by atoms with van der Waals surface area (Å²) in [4.78, 5) is 20.7. The fraction of sp³-hybridized carbons (Fsp3) is 0.500. The van der Waals surface area contributed by atoms with Crippen LogP contribution < -0.4 is 10.5 Å². The molecule has 8 nitrogen and oxygen atoms in total. The summed E-state index contributed by atoms with van der Waals surface area (Å²) in [6, 6.07) is 8.77. The first-order valence-electron chi connectivity index (χ1n) is 14.0. The standard InChI is InChI=1S/C29H31N5O2S.CH5N/c1-32-27-22(11-20(12-24(27)36-2)29(35)33-15-18-7-8-21(33)10-18)31-28(32)23-13-25-26(34(23)14-17-5-6-17)19(16-37-25)4-3-9-30;1-2/h11-13,16-18,21H,3-8,10,14-15H2,1-2H3;2H2,1H3/t18-,21+;/m0./s1. The van der Waals surface area contributed by atoms with Crippen molar-refractivity contribution >= 4 is 38.5 Å². The topological polar surface area (TPSA) is 102 Å². The molecule has 2 atom stereocenters. The van der Waals surface area contributed by atoms with Crippen molar-refractivity contribution in [3.05, 3.63) is 34.7 Å². The fourth-order valence-corrected chi connectivity index (χ4v) is 7.63. The Kier molecular flexibility index (Phi) is 6.86. The number of ether oxygens (including phenoxy) is 1. The Bertz CT molecular complexity index is 1590. The summed E-state index contributed by atoms with van der Waals surface area (Å²) in [5, 5.41) is 11.4. The lowest BCUT2D eigenvalue weighted by Crippen LogP contribution is -2.37. The molecule has 204 valence electrons. The first-order valence-corrected chi connectivity index (χ1v) is 14.8. The van der Waals surface area contributed by atoms with Gasteiger partial charge in [0.25, 0.3) is 5.91 Å². The number of carbonyl (C=O) groups is 1. The maximum absolute atomic E-state index is 13.5. The lowest BCUT2D eigenvalue weighted by atomic mass is 10.1. The molecule has 0 radical (unpaired) electrons. The molecule has 1 amide bonds. The zero-order valence-electron chi connectivity index (χ0n) is 22.9. The van der Waals surface area contributed by atoms with Gasteiger partial charge in [-0.05, 0) is 86.6 Å². The second-order valence-corrected chi connectivity index (χ2v) is 12.0. The number of carbonyl (C=O) groups excluding carboxylic acids is 1. The van der Waals surface area contributed by atoms with E-state index in [2.05, 4.69) is 37.3 Å². The molecule has 0 unspecified atom stereocenters. The number of benzene rings is 1. The Morgan fingerprint density at radius 3 is 2.69 bits per heavy atom. The number of aryl methyl sites for hydroxylation is 2. The number of methoxy groups -OCH3 is 1. The van der Waals surface area contributed by atoms with E-state index in [1.165, 1.54) is 42.1 Å². The number of likely N-dealkylation sites (tertiary alicyclic amines) is 1. The second-order valence-electron chi connectivity index (χ2n) is 11.0. The third-order valence-corrected chi connectivity index (χ3v) is 9.61. The molecule has 0 spiro atoms. The van der Waals surface area contributed by atoms with Crippen LogP contribution in [-0.2, 0) is 20.0 Å². The Hall–Kier alpha value is -3.35. The highest BCUT2D eigenvalue weighted by atomic mass is 32.1. The molecule has 7 rings (SSSR count). The lowest BCUT2D eigenvalue weighted by Gasteiger charge is -2.27. The van der Waals surface area contributed by atoms with Crippen molar-refractivity contribution in [3.63, 3.8) is 0 Å². The van der Waals surface area contributed by atoms with Gasteiger partial charge < -0.3 is 24.5 Å². The van der Waals surface area contributed by atoms with Crippen LogP contribution in [0, 0.1) is 23.2 Å². The zero-order chi connectivity index (χ0) is 27.3. The summed E-state index contributed by atoms with van der Waals surface area (Å²) in [5.41, 5.74) is 10.5. The summed E-state index contributed by atoms with van der Waals surface area (Å²) in [7, 11) is 5.20. The Balaban J connectivity index is 0.00000135. The molecule has 4 heterocycles. The number of imidazole rings is 1. The molecule has 9 heteroatoms. The van der Waals surface area contributed by atoms with Gasteiger partial charge in [0.2, 0.25) is 0 Å². The number of hydrogen-bond acceptors (Lipinski definition) is 6. The van der Waals surface area contributed by atoms with Crippen LogP contribution in [0.5, 0.6) is 5.75 Å². The van der Waals surface area contributed by atoms with Crippen molar-refractivity contribution in [2.45, 2.75) is 57.5 Å². The maximum Gasteiger partial charge on any atom is 0.254 e. The number of nitrogens with two attached hydrogens (primary N) is 1. The predicted molar refractivity (Wildman–Crippen MR) is 155 cm³/mol. The number of hydrogen-bond donors (Lipinski definition) is 1. The number of fused-ring (bicyclic) bond motifs is 4. The van der Waals surface area contributed by atoms with Crippen molar-refractivity contribution in [2.24, 2.45) is 24.6 Å². The molecule has 2 saturated carbocycles. The van der Waals surface area contributed by atoms with E-state index >= 15 is 0 Å². The van der Waals surface area contributed by atoms with Crippen LogP contribution in [-0.4, -0.2) is 51.7 Å². The zero-order valence-corrected chi connectivity index (χ0v) is 23.8. The molecule has 1 aliphatic heterocycles. The minimum atomic E-state index is 0.0966. The smallest absolute Gasteiger partial charge is 0.254 e. The lowest BCUT2D eigenvalue weighted by molar-refractivity contribution is 0.0703. The highest BCUT2D eigenvalue weighted by molar-refractivity contribution is 7.17. The quantitative estimate of drug-likeness (QED) is 0.339. The molecule has 39 heavy (non-hydrogen) atoms. The van der Waals surface area contributed by atoms with Gasteiger partial charge in [-0.1, -0.05) is 0 Å². The van der Waals surface area contributed by atoms with E-state index in [4.69, 9.17) is 15.0 Å². The number of thiophene rings is 1. The van der Waals surface area contributed by atoms with Gasteiger partial charge in [-0.25, -0.2) is 4.98 Å². The number of rotatable bonds is 7. The fourth-order valence-electron chi connectivity index (χ4n) is 6.60. The Morgan fingerprint density at radius 1 is 1.21 bits per heavy atom. The molecule has 3 aromatic heterocycles. The summed E-state index contributed by atoms with van der Waals surface area (Å²) in [6.45, 7) is 1.84. The van der Waals surface area contributed by atoms with Gasteiger partial charge in [0.05, 0.1) is 34.6 Å². The largest absolute Gasteiger partial charge is 0.494 e. The summed E-state index contributed by atoms with van der Waals surface area (Å²) in [6.07, 6.45) is 7.32. The van der Waals surface area contributed by atoms with E-state index in [0.29, 0.717) is 35.6 Å². The summed E-state index contributed by atoms with van der Waals surface area (Å²) >= 11 is 1.75. The molecule has 1 saturated heterocycles. The van der Waals surface area contributed by atoms with Gasteiger partial charge in [0, 0.05) is 38.2 Å². The number of amides is 1. The van der Waals surface area contributed by atoms with Crippen LogP contribution in [0.25, 0.3) is 32.8 Å². The van der Waals surface area contributed by atoms with Crippen molar-refractivity contribution < 1.29 is 9.53 Å². The van der Waals surface area contributed by atoms with Crippen molar-refractivity contribution in [1.82, 2.24) is 19.0 Å². The van der Waals surface area contributed by atoms with Gasteiger partial charge in [-0.2, -0.15) is 5.26 Å². The molecule has 2 N–H and O–H groups in total. The predicted octanol–water partition coefficient (Wildman–Crippen LogP) is 5.33. The molecular weight excluding hydrogens is 508 g/mol. The highest BCUT2D eigenvalue weighted by Gasteiger charge is 2.40. The van der Waals surface area contributed by atoms with Crippen molar-refractivity contribution in [3.8, 4) is 23.3 Å². The van der Waals surface area contributed by atoms with E-state index in [-0.39, 0.29) is 5.91 Å². The average molecular weight is 545 g/mol. The monoisotopic (exact) mass is 544 g/mol. The summed E-state index contributed by atoms with van der Waals surface area (Å²) in [5.74, 6) is 3.02. The normalized spacial score (nSPS) is 19.9. The van der Waals surface area contributed by atoms with E-state index in [0.717, 1.165) is 54.9 Å². The molecular formula is C30H36N6O2S. The van der Waals surface area contributed by atoms with Gasteiger partial charge >= 0.3 is 0 Å². The molecule has 4 aromatic rings. The Morgan fingerprint density at radius 2 is 2.03 bits per heavy atom. The highest BCUT2D eigenvalue weighted by Crippen LogP contribution is 2.42. The van der Waals surface area contributed by atoms with Crippen LogP contribution in [0.2, 0.25) is 0 Å². The SMILES string of the molecule is CN.COc1cc(C(=O)N2C[C@H]3CC[C@@H]2C3)cc2nc(-c3cc4scc(CCC#N)c4n3CC3CC3)n(C)c12. The van der Waals surface area contributed by atoms with Crippen LogP contribution in [0.1, 0.15) is 54.4 Å². The summed E-state index contributed by atoms with van der Waals surface area (Å²) < 4.78 is 11.6. The number of aromatic nitrogens is 3. The minimum absolute atomic E-state index is 0.0966. The third kappa shape index (κ3) is 4.40. The van der Waals surface area contributed by atoms with Crippen molar-refractivity contribution in [2.75, 3.05) is 20.7 Å². The first-order chi connectivity index (χ1) is 19.1. The van der Waals surface area contributed by atoms with Gasteiger partial charge in [0.1, 0.15) is 11.3 Å². The molecule has 3 aliphatic rings. The number of piperidine rings is 1. The molecule has 1 aromatic carbocycles. The average Bonchev–Trinajstić information content (AvgIpc) is 3.35. The van der Waals surface area contributed by atoms with Gasteiger partial charge in [-0.3, -0.25) is 4.79 Å². The van der Waals surface area contributed by atoms with Crippen LogP contribution in [0.4, 0.5) is 0 Å². The van der Waals surface area contributed by atoms with Gasteiger partial charge in [-0.15, -0.1) is 11.3 Å². The van der Waals surface area contributed by atoms with E-state index in [1.54, 1.807) is 18.4 Å². The Labute approximate surface area is 233 Å². The molecule has 2 bridgehead atoms. The van der Waals surface area contributed by atoms with Crippen LogP contribution >= 0.6 is 11.3 Å². The number of nitriles is 1. The van der Waals surface area contributed by atoms with E-state index in [1.807, 2.05) is 19.2 Å². The van der Waals surface area contributed by atoms with Crippen LogP contribution in [0.15, 0.2) is 23.6 Å². The minimum Gasteiger partial charge on any atom is -0.494 e. The maximum atomic E-state index is 13.5. The third-order valence-electron chi connectivity index (χ3n) is 8.64. The molecule has 3 fully saturated rings. The van der Waals surface area contributed by atoms with Crippen LogP contribution in [0.3, 0.4) is 0 Å². The first kappa shape index (κ1) is 25.9.